The van der Waals surface area contributed by atoms with E-state index in [9.17, 15) is 18.0 Å². The highest BCUT2D eigenvalue weighted by Gasteiger charge is 2.47. The Morgan fingerprint density at radius 1 is 1.27 bits per heavy atom. The van der Waals surface area contributed by atoms with Crippen LogP contribution in [0.4, 0.5) is 13.2 Å². The number of thiazole rings is 1. The quantitative estimate of drug-likeness (QED) is 0.792. The van der Waals surface area contributed by atoms with Crippen LogP contribution in [0.25, 0.3) is 0 Å². The molecule has 1 aromatic heterocycles. The number of hydrogen-bond donors (Lipinski definition) is 0. The number of carbonyl (C=O) groups excluding carboxylic acids is 1. The van der Waals surface area contributed by atoms with Gasteiger partial charge in [-0.3, -0.25) is 9.79 Å². The van der Waals surface area contributed by atoms with E-state index < -0.39 is 29.6 Å². The van der Waals surface area contributed by atoms with E-state index in [4.69, 9.17) is 4.74 Å². The van der Waals surface area contributed by atoms with E-state index in [1.54, 1.807) is 10.9 Å². The Morgan fingerprint density at radius 3 is 2.58 bits per heavy atom. The van der Waals surface area contributed by atoms with Crippen molar-refractivity contribution in [2.24, 2.45) is 10.9 Å². The molecule has 3 rings (SSSR count). The van der Waals surface area contributed by atoms with Crippen molar-refractivity contribution in [2.75, 3.05) is 7.11 Å². The lowest BCUT2D eigenvalue weighted by atomic mass is 9.82. The van der Waals surface area contributed by atoms with Crippen molar-refractivity contribution in [3.8, 4) is 0 Å². The topological polar surface area (TPSA) is 51.5 Å². The van der Waals surface area contributed by atoms with Crippen LogP contribution in [0.5, 0.6) is 0 Å². The summed E-state index contributed by atoms with van der Waals surface area (Å²) in [6.45, 7) is 0. The summed E-state index contributed by atoms with van der Waals surface area (Å²) in [7, 11) is 1.38. The molecule has 136 valence electrons. The summed E-state index contributed by atoms with van der Waals surface area (Å²) in [6.07, 6.45) is -4.70. The lowest BCUT2D eigenvalue weighted by molar-refractivity contribution is -0.133. The van der Waals surface area contributed by atoms with E-state index in [1.165, 1.54) is 18.4 Å². The van der Waals surface area contributed by atoms with Gasteiger partial charge < -0.3 is 4.74 Å². The van der Waals surface area contributed by atoms with Crippen LogP contribution in [0.15, 0.2) is 58.0 Å². The van der Waals surface area contributed by atoms with Crippen LogP contribution in [0.2, 0.25) is 0 Å². The molecule has 1 aliphatic rings. The van der Waals surface area contributed by atoms with Crippen molar-refractivity contribution in [3.63, 3.8) is 0 Å². The van der Waals surface area contributed by atoms with Gasteiger partial charge in [-0.1, -0.05) is 30.3 Å². The first kappa shape index (κ1) is 18.5. The van der Waals surface area contributed by atoms with E-state index in [1.807, 2.05) is 30.3 Å². The van der Waals surface area contributed by atoms with Gasteiger partial charge >= 0.3 is 6.18 Å². The first-order chi connectivity index (χ1) is 12.4. The number of carbonyl (C=O) groups is 1. The minimum absolute atomic E-state index is 0.201. The molecule has 26 heavy (non-hydrogen) atoms. The molecule has 0 radical (unpaired) electrons. The smallest absolute Gasteiger partial charge is 0.380 e. The lowest BCUT2D eigenvalue weighted by Gasteiger charge is -2.29. The molecule has 4 nitrogen and oxygen atoms in total. The molecule has 8 heteroatoms. The zero-order valence-electron chi connectivity index (χ0n) is 13.7. The number of methoxy groups -OCH3 is 1. The van der Waals surface area contributed by atoms with Gasteiger partial charge in [0.05, 0.1) is 28.9 Å². The molecule has 0 saturated carbocycles. The third-order valence-corrected chi connectivity index (χ3v) is 4.72. The van der Waals surface area contributed by atoms with Crippen LogP contribution in [0.1, 0.15) is 11.3 Å². The maximum Gasteiger partial charge on any atom is 0.421 e. The number of ether oxygens (including phenoxy) is 1. The van der Waals surface area contributed by atoms with Crippen molar-refractivity contribution in [3.05, 3.63) is 64.3 Å². The predicted molar refractivity (Wildman–Crippen MR) is 92.2 cm³/mol. The highest BCUT2D eigenvalue weighted by molar-refractivity contribution is 7.07. The SMILES string of the molecule is COC(Cc1ccccc1)C1C(=O)C(C(F)(F)F)=CN=C1c1cscn1. The van der Waals surface area contributed by atoms with E-state index >= 15 is 0 Å². The second kappa shape index (κ2) is 7.51. The van der Waals surface area contributed by atoms with Gasteiger partial charge in [0.15, 0.2) is 5.78 Å². The normalized spacial score (nSPS) is 19.1. The third kappa shape index (κ3) is 3.76. The molecule has 0 spiro atoms. The average Bonchev–Trinajstić information content (AvgIpc) is 3.14. The highest BCUT2D eigenvalue weighted by Crippen LogP contribution is 2.34. The number of aliphatic imine (C=N–C) groups is 1. The fourth-order valence-corrected chi connectivity index (χ4v) is 3.42. The zero-order chi connectivity index (χ0) is 18.7. The summed E-state index contributed by atoms with van der Waals surface area (Å²) in [5.74, 6) is -2.22. The summed E-state index contributed by atoms with van der Waals surface area (Å²) in [4.78, 5) is 20.7. The number of allylic oxidation sites excluding steroid dienone is 1. The van der Waals surface area contributed by atoms with Crippen LogP contribution in [-0.2, 0) is 16.0 Å². The summed E-state index contributed by atoms with van der Waals surface area (Å²) in [5, 5.41) is 1.65. The molecule has 0 amide bonds. The van der Waals surface area contributed by atoms with Crippen LogP contribution in [0.3, 0.4) is 0 Å². The van der Waals surface area contributed by atoms with Gasteiger partial charge in [-0.2, -0.15) is 13.2 Å². The van der Waals surface area contributed by atoms with E-state index in [2.05, 4.69) is 9.98 Å². The standard InChI is InChI=1S/C18H15F3N2O2S/c1-25-14(7-11-5-3-2-4-6-11)15-16(13-9-26-10-23-13)22-8-12(17(15)24)18(19,20)21/h2-6,8-10,14-15H,7H2,1H3. The fraction of sp³-hybridized carbons (Fsp3) is 0.278. The molecule has 2 unspecified atom stereocenters. The second-order valence-corrected chi connectivity index (χ2v) is 6.45. The Hall–Kier alpha value is -2.32. The monoisotopic (exact) mass is 380 g/mol. The lowest BCUT2D eigenvalue weighted by Crippen LogP contribution is -2.43. The van der Waals surface area contributed by atoms with E-state index in [-0.39, 0.29) is 12.1 Å². The second-order valence-electron chi connectivity index (χ2n) is 5.73. The Kier molecular flexibility index (Phi) is 5.33. The number of hydrogen-bond acceptors (Lipinski definition) is 5. The van der Waals surface area contributed by atoms with Crippen LogP contribution >= 0.6 is 11.3 Å². The van der Waals surface area contributed by atoms with Gasteiger partial charge in [-0.25, -0.2) is 4.98 Å². The Bertz CT molecular complexity index is 830. The molecule has 0 bridgehead atoms. The summed E-state index contributed by atoms with van der Waals surface area (Å²) in [5.41, 5.74) is 1.72. The highest BCUT2D eigenvalue weighted by atomic mass is 32.1. The van der Waals surface area contributed by atoms with Crippen LogP contribution in [-0.4, -0.2) is 35.9 Å². The van der Waals surface area contributed by atoms with Crippen molar-refractivity contribution < 1.29 is 22.7 Å². The van der Waals surface area contributed by atoms with Gasteiger partial charge in [-0.05, 0) is 12.0 Å². The van der Waals surface area contributed by atoms with Gasteiger partial charge in [0.2, 0.25) is 0 Å². The Labute approximate surface area is 152 Å². The number of alkyl halides is 3. The minimum Gasteiger partial charge on any atom is -0.380 e. The molecular formula is C18H15F3N2O2S. The molecule has 0 fully saturated rings. The number of rotatable bonds is 5. The van der Waals surface area contributed by atoms with Gasteiger partial charge in [-0.15, -0.1) is 11.3 Å². The molecule has 0 N–H and O–H groups in total. The van der Waals surface area contributed by atoms with Crippen molar-refractivity contribution >= 4 is 22.8 Å². The average molecular weight is 380 g/mol. The van der Waals surface area contributed by atoms with Crippen molar-refractivity contribution in [1.29, 1.82) is 0 Å². The maximum atomic E-state index is 13.2. The number of benzene rings is 1. The third-order valence-electron chi connectivity index (χ3n) is 4.13. The zero-order valence-corrected chi connectivity index (χ0v) is 14.6. The van der Waals surface area contributed by atoms with Crippen LogP contribution in [0, 0.1) is 5.92 Å². The van der Waals surface area contributed by atoms with Gasteiger partial charge in [0.1, 0.15) is 5.57 Å². The maximum absolute atomic E-state index is 13.2. The largest absolute Gasteiger partial charge is 0.421 e. The summed E-state index contributed by atoms with van der Waals surface area (Å²) >= 11 is 1.28. The van der Waals surface area contributed by atoms with Crippen molar-refractivity contribution in [1.82, 2.24) is 4.98 Å². The van der Waals surface area contributed by atoms with Gasteiger partial charge in [0.25, 0.3) is 0 Å². The Balaban J connectivity index is 2.01. The minimum atomic E-state index is -4.77. The molecule has 2 heterocycles. The summed E-state index contributed by atoms with van der Waals surface area (Å²) in [6, 6.07) is 9.14. The van der Waals surface area contributed by atoms with Crippen molar-refractivity contribution in [2.45, 2.75) is 18.7 Å². The molecular weight excluding hydrogens is 365 g/mol. The number of ketones is 1. The number of nitrogens with zero attached hydrogens (tertiary/aromatic N) is 2. The first-order valence-corrected chi connectivity index (χ1v) is 8.70. The van der Waals surface area contributed by atoms with E-state index in [0.717, 1.165) is 5.56 Å². The fourth-order valence-electron chi connectivity index (χ4n) is 2.88. The van der Waals surface area contributed by atoms with Gasteiger partial charge in [0, 0.05) is 18.7 Å². The van der Waals surface area contributed by atoms with Crippen LogP contribution < -0.4 is 0 Å². The molecule has 0 aliphatic carbocycles. The molecule has 0 saturated heterocycles. The number of Topliss-reactive ketones (excluding diaryl/α,β-unsaturated/α-hetero) is 1. The molecule has 2 atom stereocenters. The predicted octanol–water partition coefficient (Wildman–Crippen LogP) is 3.84. The number of halogens is 3. The van der Waals surface area contributed by atoms with E-state index in [0.29, 0.717) is 11.9 Å². The summed E-state index contributed by atoms with van der Waals surface area (Å²) < 4.78 is 45.1. The molecule has 1 aliphatic heterocycles. The molecule has 2 aromatic rings. The number of aromatic nitrogens is 1. The first-order valence-electron chi connectivity index (χ1n) is 7.76. The molecule has 1 aromatic carbocycles. The Morgan fingerprint density at radius 2 is 2.00 bits per heavy atom.